The number of rotatable bonds is 4. The normalized spacial score (nSPS) is 23.9. The van der Waals surface area contributed by atoms with Crippen molar-refractivity contribution in [1.29, 1.82) is 0 Å². The van der Waals surface area contributed by atoms with E-state index < -0.39 is 0 Å². The smallest absolute Gasteiger partial charge is 0.211 e. The van der Waals surface area contributed by atoms with Gasteiger partial charge in [0.15, 0.2) is 0 Å². The Balaban J connectivity index is 1.77. The van der Waals surface area contributed by atoms with Gasteiger partial charge in [-0.1, -0.05) is 52.0 Å². The standard InChI is InChI=1S/C22H27N3O2/c1-13(2)19-11-26-21(24-19)9-17-15-7-5-6-8-16(15)18(23-17)10-22-25-20(12-27-22)14(3)4/h5-10,13-14,19-20,23H,11-12H2,1-4H3/b17-9+,18-10+/t19-,20-/m1/s1. The molecule has 5 heteroatoms. The van der Waals surface area contributed by atoms with E-state index in [1.807, 2.05) is 24.3 Å². The largest absolute Gasteiger partial charge is 0.476 e. The summed E-state index contributed by atoms with van der Waals surface area (Å²) in [6, 6.07) is 8.78. The summed E-state index contributed by atoms with van der Waals surface area (Å²) < 4.78 is 11.6. The average Bonchev–Trinajstić information content (AvgIpc) is 3.36. The van der Waals surface area contributed by atoms with E-state index in [0.717, 1.165) is 21.5 Å². The summed E-state index contributed by atoms with van der Waals surface area (Å²) >= 11 is 0. The topological polar surface area (TPSA) is 59.0 Å². The zero-order valence-corrected chi connectivity index (χ0v) is 16.4. The second-order valence-electron chi connectivity index (χ2n) is 7.97. The van der Waals surface area contributed by atoms with E-state index in [2.05, 4.69) is 44.8 Å². The van der Waals surface area contributed by atoms with E-state index >= 15 is 0 Å². The third-order valence-electron chi connectivity index (χ3n) is 5.24. The van der Waals surface area contributed by atoms with Gasteiger partial charge < -0.3 is 14.5 Å². The molecule has 0 unspecified atom stereocenters. The number of fused-ring (bicyclic) bond motifs is 1. The van der Waals surface area contributed by atoms with Gasteiger partial charge in [0.2, 0.25) is 11.8 Å². The maximum absolute atomic E-state index is 5.78. The first-order valence-corrected chi connectivity index (χ1v) is 9.72. The molecule has 0 saturated carbocycles. The number of hydrogen-bond donors (Lipinski definition) is 1. The Kier molecular flexibility index (Phi) is 4.77. The minimum Gasteiger partial charge on any atom is -0.476 e. The van der Waals surface area contributed by atoms with Crippen LogP contribution in [0, 0.1) is 11.8 Å². The van der Waals surface area contributed by atoms with Crippen LogP contribution in [-0.4, -0.2) is 42.1 Å². The van der Waals surface area contributed by atoms with Crippen LogP contribution in [0.15, 0.2) is 34.3 Å². The Morgan fingerprint density at radius 3 is 1.67 bits per heavy atom. The molecule has 0 saturated heterocycles. The van der Waals surface area contributed by atoms with Crippen molar-refractivity contribution in [3.8, 4) is 0 Å². The average molecular weight is 365 g/mol. The van der Waals surface area contributed by atoms with Gasteiger partial charge in [-0.25, -0.2) is 9.98 Å². The molecule has 1 aromatic carbocycles. The van der Waals surface area contributed by atoms with Crippen LogP contribution < -0.4 is 10.7 Å². The molecular formula is C22H27N3O2. The molecule has 3 heterocycles. The fraction of sp³-hybridized carbons (Fsp3) is 0.455. The molecule has 2 aliphatic rings. The molecule has 27 heavy (non-hydrogen) atoms. The molecule has 5 nitrogen and oxygen atoms in total. The number of H-pyrrole nitrogens is 1. The Bertz CT molecular complexity index is 934. The summed E-state index contributed by atoms with van der Waals surface area (Å²) in [6.07, 6.45) is 3.99. The molecule has 142 valence electrons. The van der Waals surface area contributed by atoms with Crippen LogP contribution in [0.5, 0.6) is 0 Å². The van der Waals surface area contributed by atoms with Gasteiger partial charge in [-0.2, -0.15) is 0 Å². The summed E-state index contributed by atoms with van der Waals surface area (Å²) in [7, 11) is 0. The molecule has 2 atom stereocenters. The van der Waals surface area contributed by atoms with Crippen molar-refractivity contribution < 1.29 is 9.47 Å². The van der Waals surface area contributed by atoms with E-state index in [4.69, 9.17) is 19.5 Å². The number of benzene rings is 1. The number of aromatic nitrogens is 1. The molecule has 0 aliphatic carbocycles. The second-order valence-corrected chi connectivity index (χ2v) is 7.97. The maximum Gasteiger partial charge on any atom is 0.211 e. The molecule has 0 bridgehead atoms. The van der Waals surface area contributed by atoms with Crippen molar-refractivity contribution in [2.45, 2.75) is 39.8 Å². The van der Waals surface area contributed by atoms with Gasteiger partial charge >= 0.3 is 0 Å². The number of aliphatic imine (C=N–C) groups is 2. The lowest BCUT2D eigenvalue weighted by atomic mass is 10.1. The predicted molar refractivity (Wildman–Crippen MR) is 111 cm³/mol. The van der Waals surface area contributed by atoms with Gasteiger partial charge in [0.25, 0.3) is 0 Å². The van der Waals surface area contributed by atoms with Crippen LogP contribution in [0.3, 0.4) is 0 Å². The molecule has 1 N–H and O–H groups in total. The molecule has 2 aliphatic heterocycles. The third kappa shape index (κ3) is 3.64. The van der Waals surface area contributed by atoms with E-state index in [9.17, 15) is 0 Å². The Labute approximate surface area is 159 Å². The lowest BCUT2D eigenvalue weighted by Crippen LogP contribution is -2.14. The summed E-state index contributed by atoms with van der Waals surface area (Å²) in [5, 5.41) is 4.28. The van der Waals surface area contributed by atoms with Crippen LogP contribution >= 0.6 is 0 Å². The Morgan fingerprint density at radius 1 is 0.852 bits per heavy atom. The quantitative estimate of drug-likeness (QED) is 0.905. The van der Waals surface area contributed by atoms with E-state index in [0.29, 0.717) is 36.8 Å². The lowest BCUT2D eigenvalue weighted by Gasteiger charge is -2.06. The second kappa shape index (κ2) is 7.22. The minimum atomic E-state index is 0.234. The zero-order valence-electron chi connectivity index (χ0n) is 16.4. The highest BCUT2D eigenvalue weighted by atomic mass is 16.5. The SMILES string of the molecule is CC(C)[C@H]1COC(/C=c2/[nH]/c(=C/C3=N[C@@H](C(C)C)CO3)c3ccccc23)=N1. The van der Waals surface area contributed by atoms with Crippen molar-refractivity contribution >= 4 is 34.7 Å². The first kappa shape index (κ1) is 17.8. The van der Waals surface area contributed by atoms with Crippen LogP contribution in [-0.2, 0) is 9.47 Å². The van der Waals surface area contributed by atoms with Gasteiger partial charge in [-0.05, 0) is 11.8 Å². The Hall–Kier alpha value is -2.56. The lowest BCUT2D eigenvalue weighted by molar-refractivity contribution is 0.294. The fourth-order valence-electron chi connectivity index (χ4n) is 3.37. The predicted octanol–water partition coefficient (Wildman–Crippen LogP) is 2.64. The number of ether oxygens (including phenoxy) is 2. The highest BCUT2D eigenvalue weighted by Crippen LogP contribution is 2.15. The fourth-order valence-corrected chi connectivity index (χ4v) is 3.37. The molecule has 0 amide bonds. The molecule has 0 fully saturated rings. The Morgan fingerprint density at radius 2 is 1.30 bits per heavy atom. The van der Waals surface area contributed by atoms with Crippen molar-refractivity contribution in [2.24, 2.45) is 21.8 Å². The van der Waals surface area contributed by atoms with Crippen molar-refractivity contribution in [3.05, 3.63) is 35.0 Å². The highest BCUT2D eigenvalue weighted by molar-refractivity contribution is 6.09. The van der Waals surface area contributed by atoms with Crippen LogP contribution in [0.4, 0.5) is 0 Å². The summed E-state index contributed by atoms with van der Waals surface area (Å²) in [4.78, 5) is 12.9. The number of aromatic amines is 1. The summed E-state index contributed by atoms with van der Waals surface area (Å²) in [6.45, 7) is 9.99. The van der Waals surface area contributed by atoms with Gasteiger partial charge in [-0.15, -0.1) is 0 Å². The molecular weight excluding hydrogens is 338 g/mol. The monoisotopic (exact) mass is 365 g/mol. The first-order valence-electron chi connectivity index (χ1n) is 9.72. The van der Waals surface area contributed by atoms with Crippen LogP contribution in [0.2, 0.25) is 0 Å². The molecule has 1 aromatic heterocycles. The van der Waals surface area contributed by atoms with E-state index in [-0.39, 0.29) is 12.1 Å². The van der Waals surface area contributed by atoms with Gasteiger partial charge in [0, 0.05) is 22.9 Å². The highest BCUT2D eigenvalue weighted by Gasteiger charge is 2.21. The first-order chi connectivity index (χ1) is 13.0. The maximum atomic E-state index is 5.78. The van der Waals surface area contributed by atoms with Crippen molar-refractivity contribution in [3.63, 3.8) is 0 Å². The van der Waals surface area contributed by atoms with Gasteiger partial charge in [-0.3, -0.25) is 0 Å². The summed E-state index contributed by atoms with van der Waals surface area (Å²) in [5.41, 5.74) is 0. The number of hydrogen-bond acceptors (Lipinski definition) is 4. The molecule has 4 rings (SSSR count). The third-order valence-corrected chi connectivity index (χ3v) is 5.24. The number of nitrogens with one attached hydrogen (secondary N) is 1. The van der Waals surface area contributed by atoms with Gasteiger partial charge in [0.05, 0.1) is 22.8 Å². The van der Waals surface area contributed by atoms with Crippen molar-refractivity contribution in [1.82, 2.24) is 4.98 Å². The van der Waals surface area contributed by atoms with E-state index in [1.54, 1.807) is 0 Å². The van der Waals surface area contributed by atoms with Crippen LogP contribution in [0.1, 0.15) is 27.7 Å². The molecule has 0 spiro atoms. The van der Waals surface area contributed by atoms with E-state index in [1.165, 1.54) is 0 Å². The minimum absolute atomic E-state index is 0.234. The number of nitrogens with zero attached hydrogens (tertiary/aromatic N) is 2. The van der Waals surface area contributed by atoms with Crippen molar-refractivity contribution in [2.75, 3.05) is 13.2 Å². The zero-order chi connectivity index (χ0) is 19.0. The molecule has 2 aromatic rings. The molecule has 0 radical (unpaired) electrons. The van der Waals surface area contributed by atoms with Crippen LogP contribution in [0.25, 0.3) is 22.9 Å². The summed E-state index contributed by atoms with van der Waals surface area (Å²) in [5.74, 6) is 2.35. The van der Waals surface area contributed by atoms with Gasteiger partial charge in [0.1, 0.15) is 13.2 Å².